The number of aromatic carboxylic acids is 1. The van der Waals surface area contributed by atoms with Crippen molar-refractivity contribution in [2.24, 2.45) is 0 Å². The Hall–Kier alpha value is -3.47. The fraction of sp³-hybridized carbons (Fsp3) is 0.500. The summed E-state index contributed by atoms with van der Waals surface area (Å²) in [5.41, 5.74) is -0.300. The number of unbranched alkanes of at least 4 members (excludes halogenated alkanes) is 10. The number of carboxylic acids is 1. The molecule has 3 rings (SSSR count). The number of carboxylic acid groups (broad SMARTS) is 1. The molecule has 0 spiro atoms. The van der Waals surface area contributed by atoms with Crippen molar-refractivity contribution < 1.29 is 33.3 Å². The van der Waals surface area contributed by atoms with E-state index < -0.39 is 34.1 Å². The molecule has 0 saturated heterocycles. The lowest BCUT2D eigenvalue weighted by molar-refractivity contribution is 0.00712. The second-order valence-corrected chi connectivity index (χ2v) is 13.7. The van der Waals surface area contributed by atoms with E-state index in [1.165, 1.54) is 49.9 Å². The molecular formula is C36H50N2O7S. The van der Waals surface area contributed by atoms with Crippen LogP contribution in [0.25, 0.3) is 10.8 Å². The molecule has 3 aromatic carbocycles. The average Bonchev–Trinajstić information content (AvgIpc) is 3.04. The molecule has 46 heavy (non-hydrogen) atoms. The summed E-state index contributed by atoms with van der Waals surface area (Å²) in [7, 11) is -4.16. The molecule has 0 radical (unpaired) electrons. The molecule has 0 aliphatic rings. The molecule has 10 heteroatoms. The second kappa shape index (κ2) is 19.3. The summed E-state index contributed by atoms with van der Waals surface area (Å²) in [4.78, 5) is 24.7. The maximum absolute atomic E-state index is 13.3. The minimum absolute atomic E-state index is 0.00839. The summed E-state index contributed by atoms with van der Waals surface area (Å²) in [6.45, 7) is 2.62. The number of nitrogens with one attached hydrogen (secondary N) is 2. The lowest BCUT2D eigenvalue weighted by atomic mass is 9.99. The summed E-state index contributed by atoms with van der Waals surface area (Å²) < 4.78 is 29.0. The van der Waals surface area contributed by atoms with E-state index in [1.807, 2.05) is 0 Å². The van der Waals surface area contributed by atoms with Gasteiger partial charge in [0, 0.05) is 17.5 Å². The van der Waals surface area contributed by atoms with Crippen LogP contribution in [0.3, 0.4) is 0 Å². The Morgan fingerprint density at radius 1 is 0.739 bits per heavy atom. The van der Waals surface area contributed by atoms with Crippen LogP contribution < -0.4 is 10.0 Å². The SMILES string of the molecule is CCCCCCCCC(O)C(O)CCCCCCCCNC(=O)c1ccc(C(=O)O)c(NS(=O)(=O)c2cccc3ccccc23)c1. The topological polar surface area (TPSA) is 153 Å². The lowest BCUT2D eigenvalue weighted by Gasteiger charge is -2.17. The standard InChI is InChI=1S/C36H50N2O7S/c1-2-3-4-5-8-11-20-32(39)33(40)21-12-9-6-7-10-15-25-37-35(41)28-23-24-30(36(42)43)31(26-28)38-46(44,45)34-22-16-18-27-17-13-14-19-29(27)34/h13-14,16-19,22-24,26,32-33,38-40H,2-12,15,20-21,25H2,1H3,(H,37,41)(H,42,43). The van der Waals surface area contributed by atoms with Gasteiger partial charge in [-0.3, -0.25) is 9.52 Å². The fourth-order valence-corrected chi connectivity index (χ4v) is 6.90. The quantitative estimate of drug-likeness (QED) is 0.0714. The van der Waals surface area contributed by atoms with E-state index in [9.17, 15) is 33.3 Å². The number of anilines is 1. The molecule has 0 fully saturated rings. The molecule has 0 aromatic heterocycles. The highest BCUT2D eigenvalue weighted by Crippen LogP contribution is 2.27. The zero-order valence-electron chi connectivity index (χ0n) is 26.9. The maximum Gasteiger partial charge on any atom is 0.337 e. The van der Waals surface area contributed by atoms with Crippen molar-refractivity contribution in [3.63, 3.8) is 0 Å². The van der Waals surface area contributed by atoms with Crippen molar-refractivity contribution >= 4 is 38.4 Å². The first-order chi connectivity index (χ1) is 22.1. The summed E-state index contributed by atoms with van der Waals surface area (Å²) in [5.74, 6) is -1.74. The van der Waals surface area contributed by atoms with Gasteiger partial charge in [-0.05, 0) is 48.9 Å². The summed E-state index contributed by atoms with van der Waals surface area (Å²) in [6.07, 6.45) is 12.4. The van der Waals surface area contributed by atoms with Gasteiger partial charge in [0.05, 0.1) is 28.4 Å². The van der Waals surface area contributed by atoms with Gasteiger partial charge in [0.1, 0.15) is 0 Å². The van der Waals surface area contributed by atoms with Gasteiger partial charge in [0.25, 0.3) is 15.9 Å². The number of hydrogen-bond acceptors (Lipinski definition) is 6. The van der Waals surface area contributed by atoms with Gasteiger partial charge in [-0.2, -0.15) is 0 Å². The Bertz CT molecular complexity index is 1500. The first kappa shape index (κ1) is 37.0. The van der Waals surface area contributed by atoms with Crippen LogP contribution in [0.1, 0.15) is 118 Å². The zero-order valence-corrected chi connectivity index (χ0v) is 27.7. The third-order valence-corrected chi connectivity index (χ3v) is 9.73. The Kier molecular flexibility index (Phi) is 15.5. The van der Waals surface area contributed by atoms with Crippen LogP contribution in [0.4, 0.5) is 5.69 Å². The molecule has 2 atom stereocenters. The van der Waals surface area contributed by atoms with Gasteiger partial charge in [-0.15, -0.1) is 0 Å². The van der Waals surface area contributed by atoms with Crippen molar-refractivity contribution in [2.75, 3.05) is 11.3 Å². The molecule has 0 heterocycles. The fourth-order valence-electron chi connectivity index (χ4n) is 5.59. The van der Waals surface area contributed by atoms with E-state index in [0.29, 0.717) is 24.8 Å². The van der Waals surface area contributed by atoms with Gasteiger partial charge in [-0.1, -0.05) is 114 Å². The average molecular weight is 655 g/mol. The van der Waals surface area contributed by atoms with Gasteiger partial charge >= 0.3 is 5.97 Å². The normalized spacial score (nSPS) is 12.9. The molecule has 9 nitrogen and oxygen atoms in total. The molecule has 5 N–H and O–H groups in total. The number of hydrogen-bond donors (Lipinski definition) is 5. The first-order valence-corrected chi connectivity index (χ1v) is 18.1. The molecule has 2 unspecified atom stereocenters. The maximum atomic E-state index is 13.3. The number of fused-ring (bicyclic) bond motifs is 1. The Morgan fingerprint density at radius 2 is 1.33 bits per heavy atom. The molecular weight excluding hydrogens is 604 g/mol. The number of benzene rings is 3. The Balaban J connectivity index is 1.40. The summed E-state index contributed by atoms with van der Waals surface area (Å²) in [6, 6.07) is 15.7. The Morgan fingerprint density at radius 3 is 1.98 bits per heavy atom. The van der Waals surface area contributed by atoms with E-state index in [2.05, 4.69) is 17.0 Å². The van der Waals surface area contributed by atoms with E-state index in [4.69, 9.17) is 0 Å². The molecule has 252 valence electrons. The number of aliphatic hydroxyl groups excluding tert-OH is 2. The van der Waals surface area contributed by atoms with Crippen molar-refractivity contribution in [1.29, 1.82) is 0 Å². The number of amides is 1. The van der Waals surface area contributed by atoms with Crippen LogP contribution in [-0.4, -0.2) is 54.4 Å². The molecule has 0 saturated carbocycles. The van der Waals surface area contributed by atoms with E-state index in [-0.39, 0.29) is 21.7 Å². The highest BCUT2D eigenvalue weighted by molar-refractivity contribution is 7.93. The number of sulfonamides is 1. The number of aliphatic hydroxyl groups is 2. The molecule has 3 aromatic rings. The minimum atomic E-state index is -4.16. The first-order valence-electron chi connectivity index (χ1n) is 16.7. The van der Waals surface area contributed by atoms with Crippen molar-refractivity contribution in [3.05, 3.63) is 71.8 Å². The van der Waals surface area contributed by atoms with Gasteiger partial charge < -0.3 is 20.6 Å². The molecule has 0 aliphatic heterocycles. The smallest absolute Gasteiger partial charge is 0.337 e. The van der Waals surface area contributed by atoms with E-state index >= 15 is 0 Å². The molecule has 1 amide bonds. The third kappa shape index (κ3) is 11.7. The monoisotopic (exact) mass is 654 g/mol. The molecule has 0 aliphatic carbocycles. The highest BCUT2D eigenvalue weighted by Gasteiger charge is 2.22. The van der Waals surface area contributed by atoms with Crippen LogP contribution >= 0.6 is 0 Å². The predicted molar refractivity (Wildman–Crippen MR) is 183 cm³/mol. The van der Waals surface area contributed by atoms with Crippen LogP contribution in [0.15, 0.2) is 65.6 Å². The number of carbonyl (C=O) groups excluding carboxylic acids is 1. The van der Waals surface area contributed by atoms with Gasteiger partial charge in [-0.25, -0.2) is 13.2 Å². The second-order valence-electron chi connectivity index (χ2n) is 12.0. The Labute approximate surface area is 273 Å². The van der Waals surface area contributed by atoms with Crippen LogP contribution in [-0.2, 0) is 10.0 Å². The zero-order chi connectivity index (χ0) is 33.4. The van der Waals surface area contributed by atoms with Gasteiger partial charge in [0.2, 0.25) is 0 Å². The molecule has 0 bridgehead atoms. The van der Waals surface area contributed by atoms with Crippen molar-refractivity contribution in [2.45, 2.75) is 114 Å². The van der Waals surface area contributed by atoms with Crippen molar-refractivity contribution in [1.82, 2.24) is 5.32 Å². The van der Waals surface area contributed by atoms with Crippen LogP contribution in [0.5, 0.6) is 0 Å². The summed E-state index contributed by atoms with van der Waals surface area (Å²) >= 11 is 0. The van der Waals surface area contributed by atoms with Crippen LogP contribution in [0, 0.1) is 0 Å². The van der Waals surface area contributed by atoms with E-state index in [0.717, 1.165) is 56.8 Å². The van der Waals surface area contributed by atoms with Crippen LogP contribution in [0.2, 0.25) is 0 Å². The third-order valence-electron chi connectivity index (χ3n) is 8.31. The van der Waals surface area contributed by atoms with E-state index in [1.54, 1.807) is 36.4 Å². The lowest BCUT2D eigenvalue weighted by Crippen LogP contribution is -2.25. The predicted octanol–water partition coefficient (Wildman–Crippen LogP) is 7.27. The minimum Gasteiger partial charge on any atom is -0.478 e. The number of carbonyl (C=O) groups is 2. The highest BCUT2D eigenvalue weighted by atomic mass is 32.2. The summed E-state index contributed by atoms with van der Waals surface area (Å²) in [5, 5.41) is 34.1. The largest absolute Gasteiger partial charge is 0.478 e. The van der Waals surface area contributed by atoms with Crippen molar-refractivity contribution in [3.8, 4) is 0 Å². The van der Waals surface area contributed by atoms with Gasteiger partial charge in [0.15, 0.2) is 0 Å². The number of rotatable bonds is 22.